The van der Waals surface area contributed by atoms with Crippen molar-refractivity contribution in [2.24, 2.45) is 56.7 Å². The molecule has 1 N–H and O–H groups in total. The van der Waals surface area contributed by atoms with Gasteiger partial charge in [0.05, 0.1) is 25.2 Å². The molecule has 0 radical (unpaired) electrons. The fourth-order valence-electron chi connectivity index (χ4n) is 11.7. The summed E-state index contributed by atoms with van der Waals surface area (Å²) in [6.07, 6.45) is 7.99. The van der Waals surface area contributed by atoms with Gasteiger partial charge in [0.1, 0.15) is 6.10 Å². The van der Waals surface area contributed by atoms with E-state index in [1.807, 2.05) is 6.92 Å². The second-order valence-corrected chi connectivity index (χ2v) is 15.9. The van der Waals surface area contributed by atoms with Crippen LogP contribution in [0.25, 0.3) is 0 Å². The van der Waals surface area contributed by atoms with E-state index in [1.165, 1.54) is 19.4 Å². The van der Waals surface area contributed by atoms with Gasteiger partial charge in [-0.05, 0) is 97.2 Å². The van der Waals surface area contributed by atoms with Gasteiger partial charge in [-0.1, -0.05) is 53.2 Å². The third-order valence-corrected chi connectivity index (χ3v) is 14.2. The van der Waals surface area contributed by atoms with Crippen molar-refractivity contribution in [2.75, 3.05) is 13.7 Å². The van der Waals surface area contributed by atoms with Crippen molar-refractivity contribution in [3.63, 3.8) is 0 Å². The summed E-state index contributed by atoms with van der Waals surface area (Å²) in [6, 6.07) is 0. The summed E-state index contributed by atoms with van der Waals surface area (Å²) < 4.78 is 16.9. The first-order valence-electron chi connectivity index (χ1n) is 16.3. The summed E-state index contributed by atoms with van der Waals surface area (Å²) in [4.78, 5) is 37.7. The molecular formula is C35H54O7. The Morgan fingerprint density at radius 1 is 0.952 bits per heavy atom. The molecule has 7 heteroatoms. The van der Waals surface area contributed by atoms with E-state index in [2.05, 4.69) is 40.7 Å². The third-order valence-electron chi connectivity index (χ3n) is 14.2. The number of allylic oxidation sites excluding steroid dienone is 2. The first-order chi connectivity index (χ1) is 19.5. The van der Waals surface area contributed by atoms with Crippen LogP contribution in [0.4, 0.5) is 0 Å². The van der Waals surface area contributed by atoms with Crippen LogP contribution >= 0.6 is 0 Å². The normalized spacial score (nSPS) is 49.7. The van der Waals surface area contributed by atoms with Gasteiger partial charge in [0.25, 0.3) is 0 Å². The zero-order valence-corrected chi connectivity index (χ0v) is 27.4. The van der Waals surface area contributed by atoms with Crippen LogP contribution in [0, 0.1) is 56.7 Å². The summed E-state index contributed by atoms with van der Waals surface area (Å²) >= 11 is 0. The molecule has 7 nitrogen and oxygen atoms in total. The minimum atomic E-state index is -0.923. The van der Waals surface area contributed by atoms with Crippen molar-refractivity contribution in [2.45, 2.75) is 119 Å². The highest BCUT2D eigenvalue weighted by atomic mass is 16.6. The van der Waals surface area contributed by atoms with E-state index in [1.54, 1.807) is 7.11 Å². The Morgan fingerprint density at radius 3 is 2.26 bits per heavy atom. The standard InChI is InChI=1S/C35H54O7/c1-20-12-15-35(30(39)40-9)17-16-33(7)24(28(35)21(20)2)10-11-27-31(5)18-25(42-23(4)37)29(38)32(6,19-41-22(3)36)26(31)13-14-34(27,33)8/h10,20-21,25-29,38H,11-19H2,1-9H3. The second kappa shape index (κ2) is 10.3. The van der Waals surface area contributed by atoms with Gasteiger partial charge in [-0.15, -0.1) is 0 Å². The Hall–Kier alpha value is -1.89. The molecule has 5 aliphatic rings. The molecule has 0 heterocycles. The summed E-state index contributed by atoms with van der Waals surface area (Å²) in [5.74, 6) is 0.665. The van der Waals surface area contributed by atoms with Crippen molar-refractivity contribution in [1.82, 2.24) is 0 Å². The number of fused-ring (bicyclic) bond motifs is 7. The van der Waals surface area contributed by atoms with Crippen molar-refractivity contribution in [3.05, 3.63) is 11.6 Å². The maximum absolute atomic E-state index is 13.5. The van der Waals surface area contributed by atoms with E-state index in [0.29, 0.717) is 18.3 Å². The fraction of sp³-hybridized carbons (Fsp3) is 0.857. The van der Waals surface area contributed by atoms with Crippen molar-refractivity contribution in [1.29, 1.82) is 0 Å². The number of carbonyl (C=O) groups excluding carboxylic acids is 3. The first-order valence-corrected chi connectivity index (χ1v) is 16.3. The maximum atomic E-state index is 13.5. The van der Waals surface area contributed by atoms with E-state index >= 15 is 0 Å². The number of hydrogen-bond acceptors (Lipinski definition) is 7. The second-order valence-electron chi connectivity index (χ2n) is 15.9. The van der Waals surface area contributed by atoms with Crippen LogP contribution in [0.3, 0.4) is 0 Å². The lowest BCUT2D eigenvalue weighted by Crippen LogP contribution is -2.68. The Kier molecular flexibility index (Phi) is 7.76. The molecule has 0 spiro atoms. The minimum Gasteiger partial charge on any atom is -0.469 e. The summed E-state index contributed by atoms with van der Waals surface area (Å²) in [5, 5.41) is 11.7. The minimum absolute atomic E-state index is 0.0381. The monoisotopic (exact) mass is 586 g/mol. The van der Waals surface area contributed by atoms with Crippen LogP contribution in [-0.4, -0.2) is 48.9 Å². The number of methoxy groups -OCH3 is 1. The number of ether oxygens (including phenoxy) is 3. The molecule has 236 valence electrons. The van der Waals surface area contributed by atoms with Gasteiger partial charge in [-0.2, -0.15) is 0 Å². The lowest BCUT2D eigenvalue weighted by molar-refractivity contribution is -0.250. The molecule has 12 unspecified atom stereocenters. The molecule has 0 aromatic heterocycles. The van der Waals surface area contributed by atoms with E-state index in [-0.39, 0.29) is 52.5 Å². The van der Waals surface area contributed by atoms with Gasteiger partial charge in [0, 0.05) is 19.3 Å². The zero-order chi connectivity index (χ0) is 31.0. The van der Waals surface area contributed by atoms with Crippen LogP contribution in [0.15, 0.2) is 11.6 Å². The van der Waals surface area contributed by atoms with Crippen molar-refractivity contribution < 1.29 is 33.7 Å². The summed E-state index contributed by atoms with van der Waals surface area (Å²) in [7, 11) is 1.54. The molecule has 4 saturated carbocycles. The molecule has 0 saturated heterocycles. The molecule has 5 aliphatic carbocycles. The fourth-order valence-corrected chi connectivity index (χ4v) is 11.7. The Bertz CT molecular complexity index is 1160. The highest BCUT2D eigenvalue weighted by Gasteiger charge is 2.71. The topological polar surface area (TPSA) is 99.1 Å². The van der Waals surface area contributed by atoms with Crippen molar-refractivity contribution >= 4 is 17.9 Å². The van der Waals surface area contributed by atoms with Gasteiger partial charge in [-0.25, -0.2) is 0 Å². The molecule has 12 atom stereocenters. The van der Waals surface area contributed by atoms with E-state index in [9.17, 15) is 19.5 Å². The molecule has 0 aliphatic heterocycles. The quantitative estimate of drug-likeness (QED) is 0.236. The summed E-state index contributed by atoms with van der Waals surface area (Å²) in [5.41, 5.74) is -0.116. The molecular weight excluding hydrogens is 532 g/mol. The SMILES string of the molecule is COC(=O)C12CCC(C)C(C)C1C1=CCC3C4(C)CC(OC(C)=O)C(O)C(C)(COC(C)=O)C4CCC3(C)C1(C)CC2. The van der Waals surface area contributed by atoms with Gasteiger partial charge < -0.3 is 19.3 Å². The molecule has 5 rings (SSSR count). The number of esters is 3. The average molecular weight is 587 g/mol. The molecule has 0 bridgehead atoms. The lowest BCUT2D eigenvalue weighted by Gasteiger charge is -2.71. The van der Waals surface area contributed by atoms with Crippen molar-refractivity contribution in [3.8, 4) is 0 Å². The van der Waals surface area contributed by atoms with E-state index in [4.69, 9.17) is 14.2 Å². The first kappa shape index (κ1) is 31.5. The van der Waals surface area contributed by atoms with Crippen LogP contribution in [0.2, 0.25) is 0 Å². The maximum Gasteiger partial charge on any atom is 0.312 e. The zero-order valence-electron chi connectivity index (χ0n) is 27.4. The molecule has 0 amide bonds. The molecule has 4 fully saturated rings. The molecule has 42 heavy (non-hydrogen) atoms. The van der Waals surface area contributed by atoms with Crippen LogP contribution in [0.1, 0.15) is 107 Å². The highest BCUT2D eigenvalue weighted by Crippen LogP contribution is 2.76. The predicted molar refractivity (Wildman–Crippen MR) is 159 cm³/mol. The molecule has 0 aromatic carbocycles. The van der Waals surface area contributed by atoms with Gasteiger partial charge in [-0.3, -0.25) is 14.4 Å². The predicted octanol–water partition coefficient (Wildman–Crippen LogP) is 6.26. The smallest absolute Gasteiger partial charge is 0.312 e. The Balaban J connectivity index is 1.61. The Morgan fingerprint density at radius 2 is 1.64 bits per heavy atom. The number of carbonyl (C=O) groups is 3. The lowest BCUT2D eigenvalue weighted by atomic mass is 9.33. The van der Waals surface area contributed by atoms with Gasteiger partial charge >= 0.3 is 17.9 Å². The van der Waals surface area contributed by atoms with Crippen LogP contribution in [0.5, 0.6) is 0 Å². The van der Waals surface area contributed by atoms with Crippen LogP contribution in [-0.2, 0) is 28.6 Å². The third kappa shape index (κ3) is 4.18. The summed E-state index contributed by atoms with van der Waals surface area (Å²) in [6.45, 7) is 16.9. The van der Waals surface area contributed by atoms with Gasteiger partial charge in [0.15, 0.2) is 0 Å². The number of hydrogen-bond donors (Lipinski definition) is 1. The Labute approximate surface area is 252 Å². The average Bonchev–Trinajstić information content (AvgIpc) is 2.92. The highest BCUT2D eigenvalue weighted by molar-refractivity contribution is 5.78. The van der Waals surface area contributed by atoms with Gasteiger partial charge in [0.2, 0.25) is 0 Å². The largest absolute Gasteiger partial charge is 0.469 e. The van der Waals surface area contributed by atoms with E-state index in [0.717, 1.165) is 44.9 Å². The number of aliphatic hydroxyl groups excluding tert-OH is 1. The van der Waals surface area contributed by atoms with E-state index < -0.39 is 29.0 Å². The molecule has 0 aromatic rings. The number of aliphatic hydroxyl groups is 1. The number of rotatable bonds is 4. The van der Waals surface area contributed by atoms with Crippen LogP contribution < -0.4 is 0 Å².